The lowest BCUT2D eigenvalue weighted by molar-refractivity contribution is -0.126. The topological polar surface area (TPSA) is 91.4 Å². The van der Waals surface area contributed by atoms with E-state index in [9.17, 15) is 18.8 Å². The van der Waals surface area contributed by atoms with Crippen LogP contribution in [0, 0.1) is 11.7 Å². The van der Waals surface area contributed by atoms with Gasteiger partial charge in [-0.25, -0.2) is 9.37 Å². The van der Waals surface area contributed by atoms with E-state index in [1.165, 1.54) is 40.5 Å². The highest BCUT2D eigenvalue weighted by molar-refractivity contribution is 7.13. The Labute approximate surface area is 153 Å². The van der Waals surface area contributed by atoms with Crippen molar-refractivity contribution < 1.29 is 18.8 Å². The summed E-state index contributed by atoms with van der Waals surface area (Å²) in [6.45, 7) is 0.784. The van der Waals surface area contributed by atoms with Gasteiger partial charge in [0.05, 0.1) is 5.92 Å². The highest BCUT2D eigenvalue weighted by atomic mass is 32.1. The Morgan fingerprint density at radius 1 is 1.23 bits per heavy atom. The highest BCUT2D eigenvalue weighted by Crippen LogP contribution is 2.26. The fourth-order valence-corrected chi connectivity index (χ4v) is 3.30. The third-order valence-corrected chi connectivity index (χ3v) is 4.76. The van der Waals surface area contributed by atoms with E-state index in [4.69, 9.17) is 0 Å². The van der Waals surface area contributed by atoms with Gasteiger partial charge in [0.1, 0.15) is 5.82 Å². The van der Waals surface area contributed by atoms with Crippen LogP contribution in [0.25, 0.3) is 0 Å². The van der Waals surface area contributed by atoms with Gasteiger partial charge < -0.3 is 10.6 Å². The van der Waals surface area contributed by atoms with Crippen LogP contribution >= 0.6 is 11.3 Å². The summed E-state index contributed by atoms with van der Waals surface area (Å²) in [5.74, 6) is -1.53. The van der Waals surface area contributed by atoms with Gasteiger partial charge in [-0.3, -0.25) is 19.3 Å². The molecule has 2 aromatic rings. The van der Waals surface area contributed by atoms with E-state index in [0.717, 1.165) is 0 Å². The number of nitrogens with one attached hydrogen (secondary N) is 2. The number of benzene rings is 1. The van der Waals surface area contributed by atoms with Gasteiger partial charge in [0.15, 0.2) is 5.13 Å². The first-order valence-corrected chi connectivity index (χ1v) is 8.94. The number of carbonyl (C=O) groups excluding carboxylic acids is 3. The molecule has 9 heteroatoms. The normalized spacial score (nSPS) is 16.6. The minimum absolute atomic E-state index is 0.121. The number of aromatic nitrogens is 1. The Morgan fingerprint density at radius 2 is 1.96 bits per heavy atom. The molecule has 26 heavy (non-hydrogen) atoms. The standard InChI is InChI=1S/C17H17FN4O3S/c18-13-3-1-11(2-4-13)15(24)19-5-6-20-16(25)12-9-14(23)22(10-12)17-21-7-8-26-17/h1-4,7-8,12H,5-6,9-10H2,(H,19,24)(H,20,25). The van der Waals surface area contributed by atoms with Gasteiger partial charge in [0, 0.05) is 43.2 Å². The summed E-state index contributed by atoms with van der Waals surface area (Å²) >= 11 is 1.35. The molecule has 1 aliphatic heterocycles. The van der Waals surface area contributed by atoms with Crippen LogP contribution in [0.4, 0.5) is 9.52 Å². The molecule has 1 aromatic heterocycles. The summed E-state index contributed by atoms with van der Waals surface area (Å²) in [4.78, 5) is 41.7. The number of anilines is 1. The van der Waals surface area contributed by atoms with E-state index in [-0.39, 0.29) is 37.2 Å². The maximum absolute atomic E-state index is 12.8. The molecule has 1 fully saturated rings. The molecule has 1 saturated heterocycles. The summed E-state index contributed by atoms with van der Waals surface area (Å²) in [5.41, 5.74) is 0.346. The Balaban J connectivity index is 1.41. The molecule has 136 valence electrons. The van der Waals surface area contributed by atoms with Gasteiger partial charge >= 0.3 is 0 Å². The largest absolute Gasteiger partial charge is 0.354 e. The third kappa shape index (κ3) is 4.23. The van der Waals surface area contributed by atoms with E-state index in [0.29, 0.717) is 17.2 Å². The number of nitrogens with zero attached hydrogens (tertiary/aromatic N) is 2. The third-order valence-electron chi connectivity index (χ3n) is 3.96. The highest BCUT2D eigenvalue weighted by Gasteiger charge is 2.35. The molecule has 1 atom stereocenters. The molecule has 0 radical (unpaired) electrons. The quantitative estimate of drug-likeness (QED) is 0.741. The van der Waals surface area contributed by atoms with Crippen LogP contribution in [0.5, 0.6) is 0 Å². The molecule has 1 aliphatic rings. The van der Waals surface area contributed by atoms with Crippen molar-refractivity contribution in [3.63, 3.8) is 0 Å². The first-order chi connectivity index (χ1) is 12.5. The van der Waals surface area contributed by atoms with Gasteiger partial charge in [-0.2, -0.15) is 0 Å². The minimum Gasteiger partial charge on any atom is -0.354 e. The molecule has 7 nitrogen and oxygen atoms in total. The SMILES string of the molecule is O=C(NCCNC(=O)C1CC(=O)N(c2nccs2)C1)c1ccc(F)cc1. The molecular formula is C17H17FN4O3S. The minimum atomic E-state index is -0.431. The van der Waals surface area contributed by atoms with Crippen molar-refractivity contribution in [2.24, 2.45) is 5.92 Å². The maximum atomic E-state index is 12.8. The number of rotatable bonds is 6. The van der Waals surface area contributed by atoms with Gasteiger partial charge in [-0.05, 0) is 24.3 Å². The average molecular weight is 376 g/mol. The van der Waals surface area contributed by atoms with E-state index >= 15 is 0 Å². The zero-order valence-electron chi connectivity index (χ0n) is 13.8. The van der Waals surface area contributed by atoms with Crippen molar-refractivity contribution >= 4 is 34.2 Å². The number of hydrogen-bond donors (Lipinski definition) is 2. The molecule has 1 unspecified atom stereocenters. The van der Waals surface area contributed by atoms with Crippen molar-refractivity contribution in [1.82, 2.24) is 15.6 Å². The van der Waals surface area contributed by atoms with Crippen molar-refractivity contribution in [2.75, 3.05) is 24.5 Å². The fourth-order valence-electron chi connectivity index (χ4n) is 2.63. The zero-order chi connectivity index (χ0) is 18.5. The summed E-state index contributed by atoms with van der Waals surface area (Å²) in [6, 6.07) is 5.20. The van der Waals surface area contributed by atoms with E-state index in [1.807, 2.05) is 0 Å². The van der Waals surface area contributed by atoms with Crippen LogP contribution in [0.2, 0.25) is 0 Å². The molecule has 2 N–H and O–H groups in total. The number of hydrogen-bond acceptors (Lipinski definition) is 5. The summed E-state index contributed by atoms with van der Waals surface area (Å²) < 4.78 is 12.8. The summed E-state index contributed by atoms with van der Waals surface area (Å²) in [6.07, 6.45) is 1.76. The zero-order valence-corrected chi connectivity index (χ0v) is 14.6. The average Bonchev–Trinajstić information content (AvgIpc) is 3.28. The van der Waals surface area contributed by atoms with E-state index in [1.54, 1.807) is 11.6 Å². The second-order valence-corrected chi connectivity index (χ2v) is 6.65. The second kappa shape index (κ2) is 8.05. The number of amides is 3. The maximum Gasteiger partial charge on any atom is 0.251 e. The summed E-state index contributed by atoms with van der Waals surface area (Å²) in [5, 5.41) is 7.73. The van der Waals surface area contributed by atoms with Crippen molar-refractivity contribution in [3.05, 3.63) is 47.2 Å². The second-order valence-electron chi connectivity index (χ2n) is 5.77. The number of halogens is 1. The summed E-state index contributed by atoms with van der Waals surface area (Å²) in [7, 11) is 0. The monoisotopic (exact) mass is 376 g/mol. The van der Waals surface area contributed by atoms with Crippen molar-refractivity contribution in [3.8, 4) is 0 Å². The fraction of sp³-hybridized carbons (Fsp3) is 0.294. The smallest absolute Gasteiger partial charge is 0.251 e. The lowest BCUT2D eigenvalue weighted by Gasteiger charge is -2.13. The van der Waals surface area contributed by atoms with Crippen LogP contribution in [0.3, 0.4) is 0 Å². The van der Waals surface area contributed by atoms with Gasteiger partial charge in [-0.1, -0.05) is 0 Å². The Bertz CT molecular complexity index is 795. The molecule has 1 aromatic carbocycles. The first-order valence-electron chi connectivity index (χ1n) is 8.06. The number of carbonyl (C=O) groups is 3. The van der Waals surface area contributed by atoms with Crippen molar-refractivity contribution in [1.29, 1.82) is 0 Å². The Morgan fingerprint density at radius 3 is 2.65 bits per heavy atom. The van der Waals surface area contributed by atoms with Crippen LogP contribution < -0.4 is 15.5 Å². The lowest BCUT2D eigenvalue weighted by atomic mass is 10.1. The Kier molecular flexibility index (Phi) is 5.57. The number of thiazole rings is 1. The van der Waals surface area contributed by atoms with Crippen molar-refractivity contribution in [2.45, 2.75) is 6.42 Å². The van der Waals surface area contributed by atoms with E-state index < -0.39 is 11.7 Å². The predicted octanol–water partition coefficient (Wildman–Crippen LogP) is 1.18. The van der Waals surface area contributed by atoms with Gasteiger partial charge in [0.25, 0.3) is 5.91 Å². The molecule has 3 amide bonds. The molecule has 2 heterocycles. The molecule has 0 bridgehead atoms. The lowest BCUT2D eigenvalue weighted by Crippen LogP contribution is -2.38. The van der Waals surface area contributed by atoms with Gasteiger partial charge in [-0.15, -0.1) is 11.3 Å². The molecule has 0 aliphatic carbocycles. The molecule has 0 spiro atoms. The van der Waals surface area contributed by atoms with Crippen LogP contribution in [0.1, 0.15) is 16.8 Å². The molecule has 0 saturated carbocycles. The van der Waals surface area contributed by atoms with Crippen LogP contribution in [0.15, 0.2) is 35.8 Å². The van der Waals surface area contributed by atoms with E-state index in [2.05, 4.69) is 15.6 Å². The predicted molar refractivity (Wildman–Crippen MR) is 94.3 cm³/mol. The first kappa shape index (κ1) is 18.0. The molecular weight excluding hydrogens is 359 g/mol. The molecule has 3 rings (SSSR count). The Hall–Kier alpha value is -2.81. The van der Waals surface area contributed by atoms with Gasteiger partial charge in [0.2, 0.25) is 11.8 Å². The van der Waals surface area contributed by atoms with Crippen LogP contribution in [-0.2, 0) is 9.59 Å². The van der Waals surface area contributed by atoms with Crippen LogP contribution in [-0.4, -0.2) is 42.3 Å².